The van der Waals surface area contributed by atoms with E-state index in [1.54, 1.807) is 30.3 Å². The fourth-order valence-corrected chi connectivity index (χ4v) is 5.50. The van der Waals surface area contributed by atoms with E-state index in [0.29, 0.717) is 21.6 Å². The smallest absolute Gasteiger partial charge is 0.303 e. The summed E-state index contributed by atoms with van der Waals surface area (Å²) >= 11 is 7.49. The lowest BCUT2D eigenvalue weighted by Gasteiger charge is -2.43. The van der Waals surface area contributed by atoms with Crippen LogP contribution < -0.4 is 4.74 Å². The summed E-state index contributed by atoms with van der Waals surface area (Å²) in [6.45, 7) is 6.13. The fourth-order valence-electron chi connectivity index (χ4n) is 4.33. The number of aromatic nitrogens is 1. The van der Waals surface area contributed by atoms with Crippen molar-refractivity contribution < 1.29 is 47.6 Å². The molecule has 1 saturated heterocycles. The molecule has 1 aliphatic rings. The molecule has 0 aliphatic carbocycles. The lowest BCUT2D eigenvalue weighted by molar-refractivity contribution is -0.288. The highest BCUT2D eigenvalue weighted by molar-refractivity contribution is 7.22. The van der Waals surface area contributed by atoms with E-state index in [9.17, 15) is 19.2 Å². The van der Waals surface area contributed by atoms with Crippen LogP contribution in [0.25, 0.3) is 10.2 Å². The molecular formula is C29H29ClN2O10S. The monoisotopic (exact) mass is 632 g/mol. The topological polar surface area (TPSA) is 149 Å². The summed E-state index contributed by atoms with van der Waals surface area (Å²) in [7, 11) is 0. The van der Waals surface area contributed by atoms with Crippen molar-refractivity contribution in [2.45, 2.75) is 65.3 Å². The fraction of sp³-hybridized carbons (Fsp3) is 0.379. The third-order valence-corrected chi connectivity index (χ3v) is 7.22. The second-order valence-corrected chi connectivity index (χ2v) is 11.0. The molecule has 0 N–H and O–H groups in total. The number of esters is 4. The first-order valence-electron chi connectivity index (χ1n) is 13.1. The van der Waals surface area contributed by atoms with Crippen LogP contribution in [0, 0.1) is 0 Å². The lowest BCUT2D eigenvalue weighted by atomic mass is 9.98. The first-order chi connectivity index (χ1) is 20.4. The molecule has 0 unspecified atom stereocenters. The quantitative estimate of drug-likeness (QED) is 0.186. The Hall–Kier alpha value is -4.07. The summed E-state index contributed by atoms with van der Waals surface area (Å²) in [5, 5.41) is 1.20. The maximum atomic E-state index is 12.0. The molecule has 5 atom stereocenters. The van der Waals surface area contributed by atoms with Crippen molar-refractivity contribution >= 4 is 67.9 Å². The van der Waals surface area contributed by atoms with E-state index < -0.39 is 54.6 Å². The maximum Gasteiger partial charge on any atom is 0.303 e. The second kappa shape index (κ2) is 13.9. The van der Waals surface area contributed by atoms with E-state index in [1.165, 1.54) is 18.3 Å². The molecule has 228 valence electrons. The summed E-state index contributed by atoms with van der Waals surface area (Å²) in [4.78, 5) is 56.6. The zero-order valence-electron chi connectivity index (χ0n) is 23.9. The molecule has 43 heavy (non-hydrogen) atoms. The number of thiazole rings is 1. The molecule has 0 amide bonds. The molecule has 1 aliphatic heterocycles. The Labute approximate surface area is 255 Å². The number of rotatable bonds is 9. The lowest BCUT2D eigenvalue weighted by Crippen LogP contribution is -2.63. The van der Waals surface area contributed by atoms with E-state index in [-0.39, 0.29) is 6.61 Å². The molecule has 1 fully saturated rings. The van der Waals surface area contributed by atoms with Crippen LogP contribution >= 0.6 is 22.9 Å². The van der Waals surface area contributed by atoms with Crippen LogP contribution in [0.5, 0.6) is 5.75 Å². The largest absolute Gasteiger partial charge is 0.463 e. The number of carbonyl (C=O) groups excluding carboxylic acids is 4. The molecule has 0 saturated carbocycles. The van der Waals surface area contributed by atoms with Crippen molar-refractivity contribution in [3.05, 3.63) is 53.1 Å². The van der Waals surface area contributed by atoms with Crippen LogP contribution in [0.3, 0.4) is 0 Å². The molecule has 12 nitrogen and oxygen atoms in total. The summed E-state index contributed by atoms with van der Waals surface area (Å²) in [5.41, 5.74) is 2.28. The van der Waals surface area contributed by atoms with Crippen LogP contribution in [0.4, 0.5) is 5.13 Å². The van der Waals surface area contributed by atoms with Crippen LogP contribution in [-0.4, -0.2) is 71.9 Å². The highest BCUT2D eigenvalue weighted by Gasteiger charge is 2.53. The average molecular weight is 633 g/mol. The van der Waals surface area contributed by atoms with Crippen molar-refractivity contribution in [3.63, 3.8) is 0 Å². The van der Waals surface area contributed by atoms with Gasteiger partial charge < -0.3 is 28.4 Å². The summed E-state index contributed by atoms with van der Waals surface area (Å²) in [5.74, 6) is -2.48. The van der Waals surface area contributed by atoms with E-state index in [0.717, 1.165) is 36.6 Å². The van der Waals surface area contributed by atoms with Gasteiger partial charge in [0.25, 0.3) is 0 Å². The number of aliphatic imine (C=N–C) groups is 1. The van der Waals surface area contributed by atoms with E-state index in [2.05, 4.69) is 9.98 Å². The Morgan fingerprint density at radius 1 is 0.860 bits per heavy atom. The molecule has 3 aromatic rings. The van der Waals surface area contributed by atoms with Gasteiger partial charge in [0.05, 0.1) is 10.2 Å². The second-order valence-electron chi connectivity index (χ2n) is 9.52. The number of ether oxygens (including phenoxy) is 6. The molecule has 2 aromatic carbocycles. The minimum absolute atomic E-state index is 0.312. The molecule has 0 spiro atoms. The molecule has 14 heteroatoms. The number of fused-ring (bicyclic) bond motifs is 1. The SMILES string of the molecule is CC(=O)OC[C@H]1O[C@@H](Oc2ccc(/C(C)=N/c3nc4ccc(Cl)cc4s3)cc2)[C@H](OC(C)=O)[C@@H](OC(C)=O)[C@@H]1OC(C)=O. The van der Waals surface area contributed by atoms with Gasteiger partial charge in [-0.05, 0) is 55.0 Å². The number of carbonyl (C=O) groups is 4. The number of halogens is 1. The molecule has 1 aromatic heterocycles. The number of benzene rings is 2. The molecule has 0 radical (unpaired) electrons. The van der Waals surface area contributed by atoms with Crippen molar-refractivity contribution in [2.24, 2.45) is 4.99 Å². The van der Waals surface area contributed by atoms with Crippen LogP contribution in [-0.2, 0) is 42.9 Å². The summed E-state index contributed by atoms with van der Waals surface area (Å²) in [6.07, 6.45) is -6.40. The predicted molar refractivity (Wildman–Crippen MR) is 156 cm³/mol. The van der Waals surface area contributed by atoms with Gasteiger partial charge in [-0.3, -0.25) is 19.2 Å². The minimum Gasteiger partial charge on any atom is -0.463 e. The third kappa shape index (κ3) is 8.49. The van der Waals surface area contributed by atoms with Gasteiger partial charge in [-0.2, -0.15) is 0 Å². The standard InChI is InChI=1S/C29H29ClN2O10S/c1-14(31-29-32-22-11-8-20(30)12-24(22)43-29)19-6-9-21(10-7-19)41-28-27(40-18(5)36)26(39-17(4)35)25(38-16(3)34)23(42-28)13-37-15(2)33/h6-12,23,25-28H,13H2,1-5H3/b31-14+/t23-,25-,26+,27-,28-/m1/s1. The van der Waals surface area contributed by atoms with Crippen molar-refractivity contribution in [1.29, 1.82) is 0 Å². The van der Waals surface area contributed by atoms with E-state index in [1.807, 2.05) is 19.1 Å². The first kappa shape index (κ1) is 31.9. The Kier molecular flexibility index (Phi) is 10.3. The zero-order valence-corrected chi connectivity index (χ0v) is 25.5. The van der Waals surface area contributed by atoms with E-state index in [4.69, 9.17) is 40.0 Å². The highest BCUT2D eigenvalue weighted by atomic mass is 35.5. The Bertz CT molecular complexity index is 1540. The van der Waals surface area contributed by atoms with Gasteiger partial charge in [-0.15, -0.1) is 0 Å². The van der Waals surface area contributed by atoms with Crippen LogP contribution in [0.2, 0.25) is 5.02 Å². The highest BCUT2D eigenvalue weighted by Crippen LogP contribution is 2.32. The van der Waals surface area contributed by atoms with Crippen molar-refractivity contribution in [3.8, 4) is 5.75 Å². The van der Waals surface area contributed by atoms with Gasteiger partial charge >= 0.3 is 23.9 Å². The molecule has 0 bridgehead atoms. The van der Waals surface area contributed by atoms with Gasteiger partial charge in [0.1, 0.15) is 18.5 Å². The maximum absolute atomic E-state index is 12.0. The van der Waals surface area contributed by atoms with Gasteiger partial charge in [-0.25, -0.2) is 9.98 Å². The van der Waals surface area contributed by atoms with Gasteiger partial charge in [0.15, 0.2) is 12.2 Å². The Morgan fingerprint density at radius 2 is 1.49 bits per heavy atom. The van der Waals surface area contributed by atoms with Crippen LogP contribution in [0.1, 0.15) is 40.2 Å². The van der Waals surface area contributed by atoms with Crippen molar-refractivity contribution in [1.82, 2.24) is 4.98 Å². The average Bonchev–Trinajstić information content (AvgIpc) is 3.31. The van der Waals surface area contributed by atoms with Crippen LogP contribution in [0.15, 0.2) is 47.5 Å². The van der Waals surface area contributed by atoms with Gasteiger partial charge in [0.2, 0.25) is 17.5 Å². The molecular weight excluding hydrogens is 604 g/mol. The van der Waals surface area contributed by atoms with Crippen molar-refractivity contribution in [2.75, 3.05) is 6.61 Å². The zero-order chi connectivity index (χ0) is 31.3. The summed E-state index contributed by atoms with van der Waals surface area (Å²) < 4.78 is 34.3. The first-order valence-corrected chi connectivity index (χ1v) is 14.3. The molecule has 4 rings (SSSR count). The Balaban J connectivity index is 1.59. The Morgan fingerprint density at radius 3 is 2.12 bits per heavy atom. The summed E-state index contributed by atoms with van der Waals surface area (Å²) in [6, 6.07) is 12.3. The normalized spacial score (nSPS) is 22.0. The predicted octanol–water partition coefficient (Wildman–Crippen LogP) is 4.55. The minimum atomic E-state index is -1.34. The van der Waals surface area contributed by atoms with E-state index >= 15 is 0 Å². The molecule has 2 heterocycles. The third-order valence-electron chi connectivity index (χ3n) is 6.08. The number of hydrogen-bond donors (Lipinski definition) is 0. The van der Waals surface area contributed by atoms with Gasteiger partial charge in [-0.1, -0.05) is 22.9 Å². The van der Waals surface area contributed by atoms with Gasteiger partial charge in [0, 0.05) is 38.4 Å². The number of hydrogen-bond acceptors (Lipinski definition) is 13. The number of nitrogens with zero attached hydrogens (tertiary/aromatic N) is 2.